The van der Waals surface area contributed by atoms with Crippen molar-refractivity contribution < 1.29 is 29.0 Å². The van der Waals surface area contributed by atoms with E-state index in [2.05, 4.69) is 5.32 Å². The Hall–Kier alpha value is -4.76. The summed E-state index contributed by atoms with van der Waals surface area (Å²) in [5.74, 6) is -2.01. The Kier molecular flexibility index (Phi) is 9.29. The number of carboxylic acids is 1. The van der Waals surface area contributed by atoms with Crippen LogP contribution in [-0.2, 0) is 22.4 Å². The van der Waals surface area contributed by atoms with Crippen molar-refractivity contribution in [3.05, 3.63) is 112 Å². The van der Waals surface area contributed by atoms with E-state index in [-0.39, 0.29) is 18.6 Å². The quantitative estimate of drug-likeness (QED) is 0.211. The lowest BCUT2D eigenvalue weighted by atomic mass is 10.0. The third-order valence-corrected chi connectivity index (χ3v) is 5.40. The number of para-hydroxylation sites is 1. The molecule has 0 radical (unpaired) electrons. The number of carbonyl (C=O) groups is 3. The highest BCUT2D eigenvalue weighted by molar-refractivity contribution is 5.87. The Bertz CT molecular complexity index is 1430. The average molecular weight is 503 g/mol. The van der Waals surface area contributed by atoms with Crippen LogP contribution in [0.5, 0.6) is 5.75 Å². The summed E-state index contributed by atoms with van der Waals surface area (Å²) < 4.78 is 4.79. The molecule has 9 heteroatoms. The summed E-state index contributed by atoms with van der Waals surface area (Å²) in [5.41, 5.74) is 7.72. The second-order valence-electron chi connectivity index (χ2n) is 8.22. The molecule has 5 N–H and O–H groups in total. The fourth-order valence-corrected chi connectivity index (χ4v) is 3.52. The van der Waals surface area contributed by atoms with E-state index in [4.69, 9.17) is 15.3 Å². The number of hydrogen-bond donors (Lipinski definition) is 4. The molecule has 0 spiro atoms. The van der Waals surface area contributed by atoms with Gasteiger partial charge in [-0.15, -0.1) is 0 Å². The maximum atomic E-state index is 12.2. The van der Waals surface area contributed by atoms with Gasteiger partial charge < -0.3 is 25.7 Å². The Morgan fingerprint density at radius 1 is 0.919 bits per heavy atom. The number of carbonyl (C=O) groups excluding carboxylic acids is 2. The van der Waals surface area contributed by atoms with Gasteiger partial charge in [-0.3, -0.25) is 9.59 Å². The number of aromatic hydroxyl groups is 1. The normalized spacial score (nSPS) is 12.0. The molecule has 4 rings (SSSR count). The van der Waals surface area contributed by atoms with Crippen molar-refractivity contribution in [2.24, 2.45) is 5.73 Å². The smallest absolute Gasteiger partial charge is 0.378 e. The van der Waals surface area contributed by atoms with Gasteiger partial charge in [-0.2, -0.15) is 0 Å². The molecule has 1 heterocycles. The molecule has 0 saturated heterocycles. The van der Waals surface area contributed by atoms with E-state index in [1.54, 1.807) is 54.6 Å². The first-order chi connectivity index (χ1) is 17.8. The van der Waals surface area contributed by atoms with E-state index < -0.39 is 29.6 Å². The number of aliphatic carboxylic acids is 1. The van der Waals surface area contributed by atoms with Crippen LogP contribution in [0.15, 0.2) is 94.1 Å². The second kappa shape index (κ2) is 12.8. The van der Waals surface area contributed by atoms with Gasteiger partial charge in [0.2, 0.25) is 11.7 Å². The zero-order chi connectivity index (χ0) is 26.8. The molecule has 190 valence electrons. The molecule has 0 saturated carbocycles. The molecule has 37 heavy (non-hydrogen) atoms. The molecule has 1 aromatic heterocycles. The molecule has 0 aliphatic rings. The van der Waals surface area contributed by atoms with Crippen LogP contribution in [-0.4, -0.2) is 40.5 Å². The molecule has 1 amide bonds. The molecule has 2 atom stereocenters. The topological polar surface area (TPSA) is 160 Å². The lowest BCUT2D eigenvalue weighted by Gasteiger charge is -2.18. The molecule has 0 bridgehead atoms. The number of benzene rings is 3. The van der Waals surface area contributed by atoms with E-state index in [1.807, 2.05) is 24.3 Å². The van der Waals surface area contributed by atoms with Gasteiger partial charge in [0.05, 0.1) is 6.04 Å². The highest BCUT2D eigenvalue weighted by atomic mass is 16.4. The molecular formula is C28H26N2O7. The van der Waals surface area contributed by atoms with Gasteiger partial charge in [0.1, 0.15) is 17.9 Å². The van der Waals surface area contributed by atoms with Crippen LogP contribution in [0.2, 0.25) is 0 Å². The van der Waals surface area contributed by atoms with E-state index in [1.165, 1.54) is 6.07 Å². The number of aldehydes is 1. The first-order valence-electron chi connectivity index (χ1n) is 11.4. The number of nitrogens with two attached hydrogens (primary N) is 1. The highest BCUT2D eigenvalue weighted by Gasteiger charge is 2.23. The van der Waals surface area contributed by atoms with Crippen LogP contribution in [0.4, 0.5) is 0 Å². The Balaban J connectivity index is 0.000000262. The highest BCUT2D eigenvalue weighted by Crippen LogP contribution is 2.14. The predicted molar refractivity (Wildman–Crippen MR) is 137 cm³/mol. The average Bonchev–Trinajstić information content (AvgIpc) is 2.90. The minimum Gasteiger partial charge on any atom is -0.502 e. The van der Waals surface area contributed by atoms with Gasteiger partial charge in [0, 0.05) is 17.4 Å². The van der Waals surface area contributed by atoms with Gasteiger partial charge in [-0.05, 0) is 35.7 Å². The second-order valence-corrected chi connectivity index (χ2v) is 8.22. The minimum atomic E-state index is -1.12. The molecule has 3 aromatic carbocycles. The van der Waals surface area contributed by atoms with Crippen molar-refractivity contribution in [2.45, 2.75) is 24.9 Å². The van der Waals surface area contributed by atoms with Crippen molar-refractivity contribution in [1.29, 1.82) is 0 Å². The van der Waals surface area contributed by atoms with Crippen LogP contribution in [0.3, 0.4) is 0 Å². The summed E-state index contributed by atoms with van der Waals surface area (Å²) >= 11 is 0. The third kappa shape index (κ3) is 7.87. The van der Waals surface area contributed by atoms with Crippen molar-refractivity contribution in [1.82, 2.24) is 5.32 Å². The number of nitrogens with one attached hydrogen (secondary N) is 1. The monoisotopic (exact) mass is 502 g/mol. The SMILES string of the molecule is NC(Cc1cccc(C=O)c1)C(=O)NC(Cc1ccccc1)C(=O)O.O=c1oc2ccccc2cc1O. The summed E-state index contributed by atoms with van der Waals surface area (Å²) in [6.45, 7) is 0. The maximum Gasteiger partial charge on any atom is 0.378 e. The lowest BCUT2D eigenvalue weighted by molar-refractivity contribution is -0.141. The molecule has 9 nitrogen and oxygen atoms in total. The predicted octanol–water partition coefficient (Wildman–Crippen LogP) is 2.68. The summed E-state index contributed by atoms with van der Waals surface area (Å²) in [7, 11) is 0. The summed E-state index contributed by atoms with van der Waals surface area (Å²) in [6.07, 6.45) is 1.11. The fourth-order valence-electron chi connectivity index (χ4n) is 3.52. The van der Waals surface area contributed by atoms with E-state index in [0.29, 0.717) is 11.1 Å². The number of rotatable bonds is 8. The number of amides is 1. The molecular weight excluding hydrogens is 476 g/mol. The summed E-state index contributed by atoms with van der Waals surface area (Å²) in [6, 6.07) is 22.3. The van der Waals surface area contributed by atoms with Gasteiger partial charge >= 0.3 is 11.6 Å². The van der Waals surface area contributed by atoms with Gasteiger partial charge in [-0.25, -0.2) is 9.59 Å². The largest absolute Gasteiger partial charge is 0.502 e. The van der Waals surface area contributed by atoms with E-state index >= 15 is 0 Å². The standard InChI is InChI=1S/C19H20N2O4.C9H6O3/c20-16(10-14-7-4-8-15(9-14)12-22)18(23)21-17(19(24)25)11-13-5-2-1-3-6-13;10-7-5-6-3-1-2-4-8(6)12-9(7)11/h1-9,12,16-17H,10-11,20H2,(H,21,23)(H,24,25);1-5,10H. The first kappa shape index (κ1) is 26.8. The molecule has 2 unspecified atom stereocenters. The maximum absolute atomic E-state index is 12.2. The van der Waals surface area contributed by atoms with Crippen LogP contribution in [0, 0.1) is 0 Å². The Labute approximate surface area is 212 Å². The summed E-state index contributed by atoms with van der Waals surface area (Å²) in [5, 5.41) is 21.5. The van der Waals surface area contributed by atoms with Gasteiger partial charge in [0.25, 0.3) is 0 Å². The van der Waals surface area contributed by atoms with Crippen LogP contribution >= 0.6 is 0 Å². The Morgan fingerprint density at radius 3 is 2.30 bits per heavy atom. The number of fused-ring (bicyclic) bond motifs is 1. The van der Waals surface area contributed by atoms with Crippen LogP contribution in [0.25, 0.3) is 11.0 Å². The molecule has 4 aromatic rings. The lowest BCUT2D eigenvalue weighted by Crippen LogP contribution is -2.50. The van der Waals surface area contributed by atoms with Gasteiger partial charge in [0.15, 0.2) is 0 Å². The third-order valence-electron chi connectivity index (χ3n) is 5.40. The van der Waals surface area contributed by atoms with Gasteiger partial charge in [-0.1, -0.05) is 66.7 Å². The molecule has 0 fully saturated rings. The number of carboxylic acid groups (broad SMARTS) is 1. The van der Waals surface area contributed by atoms with E-state index in [0.717, 1.165) is 22.8 Å². The molecule has 0 aliphatic carbocycles. The van der Waals surface area contributed by atoms with Crippen LogP contribution in [0.1, 0.15) is 21.5 Å². The zero-order valence-electron chi connectivity index (χ0n) is 19.7. The Morgan fingerprint density at radius 2 is 1.59 bits per heavy atom. The van der Waals surface area contributed by atoms with Crippen molar-refractivity contribution in [2.75, 3.05) is 0 Å². The van der Waals surface area contributed by atoms with Crippen molar-refractivity contribution >= 4 is 29.1 Å². The minimum absolute atomic E-state index is 0.176. The van der Waals surface area contributed by atoms with E-state index in [9.17, 15) is 24.3 Å². The van der Waals surface area contributed by atoms with Crippen molar-refractivity contribution in [3.8, 4) is 5.75 Å². The fraction of sp³-hybridized carbons (Fsp3) is 0.143. The first-order valence-corrected chi connectivity index (χ1v) is 11.4. The summed E-state index contributed by atoms with van der Waals surface area (Å²) in [4.78, 5) is 45.3. The van der Waals surface area contributed by atoms with Crippen molar-refractivity contribution in [3.63, 3.8) is 0 Å². The zero-order valence-corrected chi connectivity index (χ0v) is 19.7. The number of hydrogen-bond acceptors (Lipinski definition) is 7. The molecule has 0 aliphatic heterocycles. The van der Waals surface area contributed by atoms with Crippen LogP contribution < -0.4 is 16.7 Å².